The third kappa shape index (κ3) is 1.35. The van der Waals surface area contributed by atoms with Gasteiger partial charge in [-0.25, -0.2) is 4.98 Å². The highest BCUT2D eigenvalue weighted by atomic mass is 16.3. The molecule has 4 nitrogen and oxygen atoms in total. The van der Waals surface area contributed by atoms with E-state index in [0.29, 0.717) is 11.6 Å². The molecule has 1 aliphatic heterocycles. The Kier molecular flexibility index (Phi) is 2.10. The molecule has 1 atom stereocenters. The molecule has 0 spiro atoms. The van der Waals surface area contributed by atoms with Crippen LogP contribution in [0.1, 0.15) is 23.9 Å². The fourth-order valence-electron chi connectivity index (χ4n) is 1.45. The SMILES string of the molecule is OCc1coc(C2CCNC2)n1. The van der Waals surface area contributed by atoms with Gasteiger partial charge in [0.25, 0.3) is 0 Å². The number of rotatable bonds is 2. The van der Waals surface area contributed by atoms with Crippen LogP contribution in [0, 0.1) is 0 Å². The molecule has 0 aliphatic carbocycles. The number of aliphatic hydroxyl groups excluding tert-OH is 1. The molecule has 2 rings (SSSR count). The topological polar surface area (TPSA) is 58.3 Å². The lowest BCUT2D eigenvalue weighted by molar-refractivity contribution is 0.276. The van der Waals surface area contributed by atoms with E-state index >= 15 is 0 Å². The van der Waals surface area contributed by atoms with Crippen LogP contribution >= 0.6 is 0 Å². The van der Waals surface area contributed by atoms with E-state index in [4.69, 9.17) is 9.52 Å². The number of hydrogen-bond donors (Lipinski definition) is 2. The van der Waals surface area contributed by atoms with Crippen molar-refractivity contribution in [2.24, 2.45) is 0 Å². The first-order valence-electron chi connectivity index (χ1n) is 4.16. The van der Waals surface area contributed by atoms with Gasteiger partial charge in [-0.15, -0.1) is 0 Å². The van der Waals surface area contributed by atoms with Gasteiger partial charge in [-0.05, 0) is 13.0 Å². The van der Waals surface area contributed by atoms with E-state index in [1.807, 2.05) is 0 Å². The van der Waals surface area contributed by atoms with Crippen molar-refractivity contribution in [3.8, 4) is 0 Å². The van der Waals surface area contributed by atoms with Gasteiger partial charge in [0.15, 0.2) is 5.89 Å². The Morgan fingerprint density at radius 3 is 3.25 bits per heavy atom. The third-order valence-electron chi connectivity index (χ3n) is 2.14. The molecular weight excluding hydrogens is 156 g/mol. The smallest absolute Gasteiger partial charge is 0.198 e. The van der Waals surface area contributed by atoms with Crippen molar-refractivity contribution >= 4 is 0 Å². The highest BCUT2D eigenvalue weighted by molar-refractivity contribution is 5.02. The van der Waals surface area contributed by atoms with Gasteiger partial charge < -0.3 is 14.8 Å². The number of aromatic nitrogens is 1. The largest absolute Gasteiger partial charge is 0.448 e. The van der Waals surface area contributed by atoms with Gasteiger partial charge in [0, 0.05) is 12.5 Å². The van der Waals surface area contributed by atoms with E-state index in [1.165, 1.54) is 6.26 Å². The Bertz CT molecular complexity index is 253. The molecule has 0 amide bonds. The summed E-state index contributed by atoms with van der Waals surface area (Å²) in [5.74, 6) is 1.15. The summed E-state index contributed by atoms with van der Waals surface area (Å²) < 4.78 is 5.23. The first-order chi connectivity index (χ1) is 5.90. The number of aliphatic hydroxyl groups is 1. The molecule has 1 aromatic rings. The van der Waals surface area contributed by atoms with Gasteiger partial charge in [0.05, 0.1) is 6.61 Å². The monoisotopic (exact) mass is 168 g/mol. The summed E-state index contributed by atoms with van der Waals surface area (Å²) >= 11 is 0. The Morgan fingerprint density at radius 1 is 1.75 bits per heavy atom. The van der Waals surface area contributed by atoms with Crippen molar-refractivity contribution in [3.63, 3.8) is 0 Å². The summed E-state index contributed by atoms with van der Waals surface area (Å²) in [6.07, 6.45) is 2.60. The quantitative estimate of drug-likeness (QED) is 0.664. The summed E-state index contributed by atoms with van der Waals surface area (Å²) in [5, 5.41) is 12.0. The van der Waals surface area contributed by atoms with Gasteiger partial charge >= 0.3 is 0 Å². The first kappa shape index (κ1) is 7.76. The molecule has 1 aliphatic rings. The van der Waals surface area contributed by atoms with Crippen molar-refractivity contribution in [1.29, 1.82) is 0 Å². The van der Waals surface area contributed by atoms with E-state index < -0.39 is 0 Å². The van der Waals surface area contributed by atoms with Crippen LogP contribution in [0.5, 0.6) is 0 Å². The maximum atomic E-state index is 8.76. The molecule has 1 fully saturated rings. The standard InChI is InChI=1S/C8H12N2O2/c11-4-7-5-12-8(10-7)6-1-2-9-3-6/h5-6,9,11H,1-4H2. The fraction of sp³-hybridized carbons (Fsp3) is 0.625. The predicted octanol–water partition coefficient (Wildman–Crippen LogP) is 0.244. The van der Waals surface area contributed by atoms with E-state index in [0.717, 1.165) is 25.4 Å². The third-order valence-corrected chi connectivity index (χ3v) is 2.14. The zero-order valence-electron chi connectivity index (χ0n) is 6.79. The van der Waals surface area contributed by atoms with Gasteiger partial charge in [0.2, 0.25) is 0 Å². The minimum atomic E-state index is -0.0380. The van der Waals surface area contributed by atoms with Crippen molar-refractivity contribution in [1.82, 2.24) is 10.3 Å². The molecular formula is C8H12N2O2. The molecule has 1 saturated heterocycles. The number of oxazole rings is 1. The Labute approximate surface area is 70.6 Å². The van der Waals surface area contributed by atoms with Crippen molar-refractivity contribution in [2.45, 2.75) is 18.9 Å². The lowest BCUT2D eigenvalue weighted by atomic mass is 10.1. The van der Waals surface area contributed by atoms with Gasteiger partial charge in [0.1, 0.15) is 12.0 Å². The lowest BCUT2D eigenvalue weighted by Crippen LogP contribution is -2.08. The minimum absolute atomic E-state index is 0.0380. The molecule has 4 heteroatoms. The maximum Gasteiger partial charge on any atom is 0.198 e. The van der Waals surface area contributed by atoms with Crippen molar-refractivity contribution in [3.05, 3.63) is 17.8 Å². The zero-order valence-corrected chi connectivity index (χ0v) is 6.79. The second-order valence-electron chi connectivity index (χ2n) is 3.02. The van der Waals surface area contributed by atoms with Crippen LogP contribution in [-0.2, 0) is 6.61 Å². The summed E-state index contributed by atoms with van der Waals surface area (Å²) in [6.45, 7) is 1.93. The normalized spacial score (nSPS) is 23.2. The highest BCUT2D eigenvalue weighted by Crippen LogP contribution is 2.21. The van der Waals surface area contributed by atoms with Gasteiger partial charge in [-0.1, -0.05) is 0 Å². The average molecular weight is 168 g/mol. The second kappa shape index (κ2) is 3.25. The van der Waals surface area contributed by atoms with Crippen LogP contribution in [0.2, 0.25) is 0 Å². The highest BCUT2D eigenvalue weighted by Gasteiger charge is 2.21. The maximum absolute atomic E-state index is 8.76. The molecule has 1 aromatic heterocycles. The lowest BCUT2D eigenvalue weighted by Gasteiger charge is -1.99. The second-order valence-corrected chi connectivity index (χ2v) is 3.02. The molecule has 1 unspecified atom stereocenters. The van der Waals surface area contributed by atoms with E-state index in [-0.39, 0.29) is 6.61 Å². The Hall–Kier alpha value is -0.870. The molecule has 66 valence electrons. The van der Waals surface area contributed by atoms with Crippen LogP contribution in [0.25, 0.3) is 0 Å². The zero-order chi connectivity index (χ0) is 8.39. The number of hydrogen-bond acceptors (Lipinski definition) is 4. The van der Waals surface area contributed by atoms with Gasteiger partial charge in [-0.2, -0.15) is 0 Å². The Morgan fingerprint density at radius 2 is 2.67 bits per heavy atom. The van der Waals surface area contributed by atoms with Crippen LogP contribution in [0.3, 0.4) is 0 Å². The van der Waals surface area contributed by atoms with Crippen molar-refractivity contribution in [2.75, 3.05) is 13.1 Å². The minimum Gasteiger partial charge on any atom is -0.448 e. The molecule has 12 heavy (non-hydrogen) atoms. The number of nitrogens with zero attached hydrogens (tertiary/aromatic N) is 1. The van der Waals surface area contributed by atoms with Crippen LogP contribution in [0.4, 0.5) is 0 Å². The molecule has 0 aromatic carbocycles. The molecule has 0 saturated carbocycles. The van der Waals surface area contributed by atoms with Crippen LogP contribution in [0.15, 0.2) is 10.7 Å². The average Bonchev–Trinajstić information content (AvgIpc) is 2.75. The summed E-state index contributed by atoms with van der Waals surface area (Å²) in [7, 11) is 0. The van der Waals surface area contributed by atoms with Gasteiger partial charge in [-0.3, -0.25) is 0 Å². The Balaban J connectivity index is 2.11. The summed E-state index contributed by atoms with van der Waals surface area (Å²) in [5.41, 5.74) is 0.622. The first-order valence-corrected chi connectivity index (χ1v) is 4.16. The van der Waals surface area contributed by atoms with Crippen molar-refractivity contribution < 1.29 is 9.52 Å². The summed E-state index contributed by atoms with van der Waals surface area (Å²) in [6, 6.07) is 0. The van der Waals surface area contributed by atoms with E-state index in [1.54, 1.807) is 0 Å². The van der Waals surface area contributed by atoms with E-state index in [9.17, 15) is 0 Å². The molecule has 2 heterocycles. The summed E-state index contributed by atoms with van der Waals surface area (Å²) in [4.78, 5) is 4.15. The fourth-order valence-corrected chi connectivity index (χ4v) is 1.45. The predicted molar refractivity (Wildman–Crippen MR) is 42.7 cm³/mol. The van der Waals surface area contributed by atoms with E-state index in [2.05, 4.69) is 10.3 Å². The number of nitrogens with one attached hydrogen (secondary N) is 1. The van der Waals surface area contributed by atoms with Crippen LogP contribution < -0.4 is 5.32 Å². The molecule has 2 N–H and O–H groups in total. The molecule has 0 radical (unpaired) electrons. The molecule has 0 bridgehead atoms. The van der Waals surface area contributed by atoms with Crippen LogP contribution in [-0.4, -0.2) is 23.2 Å².